The van der Waals surface area contributed by atoms with E-state index in [0.29, 0.717) is 24.3 Å². The quantitative estimate of drug-likeness (QED) is 0.622. The van der Waals surface area contributed by atoms with Crippen molar-refractivity contribution in [1.82, 2.24) is 4.90 Å². The minimum atomic E-state index is -0.398. The minimum Gasteiger partial charge on any atom is -0.466 e. The van der Waals surface area contributed by atoms with Gasteiger partial charge in [-0.05, 0) is 18.6 Å². The number of hydrogen-bond donors (Lipinski definition) is 0. The fraction of sp³-hybridized carbons (Fsp3) is 0.294. The van der Waals surface area contributed by atoms with Crippen molar-refractivity contribution in [2.24, 2.45) is 5.92 Å². The van der Waals surface area contributed by atoms with Crippen molar-refractivity contribution in [1.29, 1.82) is 0 Å². The van der Waals surface area contributed by atoms with Crippen LogP contribution < -0.4 is 4.74 Å². The number of carbonyl (C=O) groups is 2. The van der Waals surface area contributed by atoms with Gasteiger partial charge in [-0.25, -0.2) is 9.59 Å². The average Bonchev–Trinajstić information content (AvgIpc) is 2.87. The number of hydrogen-bond acceptors (Lipinski definition) is 4. The van der Waals surface area contributed by atoms with E-state index in [1.165, 1.54) is 7.11 Å². The summed E-state index contributed by atoms with van der Waals surface area (Å²) in [6.07, 6.45) is 5.96. The second-order valence-electron chi connectivity index (χ2n) is 5.28. The fourth-order valence-corrected chi connectivity index (χ4v) is 2.79. The van der Waals surface area contributed by atoms with Gasteiger partial charge in [0.1, 0.15) is 5.75 Å². The first-order valence-electron chi connectivity index (χ1n) is 7.19. The molecule has 114 valence electrons. The molecular formula is C17H17NO4. The molecular weight excluding hydrogens is 282 g/mol. The molecule has 1 aromatic rings. The summed E-state index contributed by atoms with van der Waals surface area (Å²) in [5, 5.41) is 0. The number of amides is 1. The number of ether oxygens (including phenoxy) is 2. The smallest absolute Gasteiger partial charge is 0.415 e. The van der Waals surface area contributed by atoms with E-state index < -0.39 is 6.09 Å². The molecule has 5 nitrogen and oxygen atoms in total. The first-order chi connectivity index (χ1) is 10.7. The molecule has 0 saturated heterocycles. The Bertz CT molecular complexity index is 635. The number of nitrogens with zero attached hydrogens (tertiary/aromatic N) is 1. The average molecular weight is 299 g/mol. The second-order valence-corrected chi connectivity index (χ2v) is 5.28. The molecule has 2 heterocycles. The lowest BCUT2D eigenvalue weighted by atomic mass is 9.97. The van der Waals surface area contributed by atoms with Crippen LogP contribution >= 0.6 is 0 Å². The highest BCUT2D eigenvalue weighted by atomic mass is 16.6. The van der Waals surface area contributed by atoms with Crippen LogP contribution in [0, 0.1) is 5.92 Å². The maximum Gasteiger partial charge on any atom is 0.415 e. The number of carbonyl (C=O) groups excluding carboxylic acids is 2. The van der Waals surface area contributed by atoms with Crippen LogP contribution in [0.1, 0.15) is 6.42 Å². The normalized spacial score (nSPS) is 22.8. The third-order valence-corrected chi connectivity index (χ3v) is 3.94. The molecule has 2 atom stereocenters. The van der Waals surface area contributed by atoms with Crippen molar-refractivity contribution in [2.75, 3.05) is 13.7 Å². The summed E-state index contributed by atoms with van der Waals surface area (Å²) in [7, 11) is 1.37. The van der Waals surface area contributed by atoms with Gasteiger partial charge in [-0.2, -0.15) is 0 Å². The summed E-state index contributed by atoms with van der Waals surface area (Å²) in [5.41, 5.74) is 0.608. The van der Waals surface area contributed by atoms with Crippen molar-refractivity contribution in [2.45, 2.75) is 12.5 Å². The van der Waals surface area contributed by atoms with Gasteiger partial charge in [0.15, 0.2) is 0 Å². The van der Waals surface area contributed by atoms with Crippen LogP contribution in [-0.4, -0.2) is 36.7 Å². The molecule has 1 amide bonds. The third kappa shape index (κ3) is 2.74. The molecule has 4 rings (SSSR count). The van der Waals surface area contributed by atoms with Crippen LogP contribution in [0.15, 0.2) is 54.1 Å². The van der Waals surface area contributed by atoms with Gasteiger partial charge in [0.25, 0.3) is 0 Å². The van der Waals surface area contributed by atoms with Gasteiger partial charge >= 0.3 is 12.1 Å². The van der Waals surface area contributed by atoms with E-state index >= 15 is 0 Å². The van der Waals surface area contributed by atoms with E-state index in [0.717, 1.165) is 0 Å². The van der Waals surface area contributed by atoms with E-state index in [2.05, 4.69) is 0 Å². The highest BCUT2D eigenvalue weighted by Gasteiger charge is 2.35. The lowest BCUT2D eigenvalue weighted by Gasteiger charge is -2.32. The number of fused-ring (bicyclic) bond motifs is 2. The number of esters is 1. The summed E-state index contributed by atoms with van der Waals surface area (Å²) in [6.45, 7) is 0.424. The molecule has 1 aromatic carbocycles. The predicted molar refractivity (Wildman–Crippen MR) is 80.3 cm³/mol. The predicted octanol–water partition coefficient (Wildman–Crippen LogP) is 2.55. The topological polar surface area (TPSA) is 55.8 Å². The first-order valence-corrected chi connectivity index (χ1v) is 7.19. The Morgan fingerprint density at radius 3 is 2.68 bits per heavy atom. The van der Waals surface area contributed by atoms with Crippen molar-refractivity contribution < 1.29 is 19.1 Å². The van der Waals surface area contributed by atoms with Gasteiger partial charge in [-0.3, -0.25) is 0 Å². The maximum atomic E-state index is 12.4. The first kappa shape index (κ1) is 14.4. The minimum absolute atomic E-state index is 0.0883. The molecule has 0 fully saturated rings. The highest BCUT2D eigenvalue weighted by molar-refractivity contribution is 5.90. The number of para-hydroxylation sites is 1. The Morgan fingerprint density at radius 1 is 1.18 bits per heavy atom. The van der Waals surface area contributed by atoms with Crippen LogP contribution in [-0.2, 0) is 9.53 Å². The lowest BCUT2D eigenvalue weighted by Crippen LogP contribution is -2.45. The van der Waals surface area contributed by atoms with E-state index in [9.17, 15) is 9.59 Å². The Labute approximate surface area is 128 Å². The van der Waals surface area contributed by atoms with Crippen LogP contribution in [0.4, 0.5) is 4.79 Å². The molecule has 1 aliphatic carbocycles. The molecule has 0 radical (unpaired) electrons. The van der Waals surface area contributed by atoms with Crippen molar-refractivity contribution in [3.8, 4) is 5.75 Å². The summed E-state index contributed by atoms with van der Waals surface area (Å²) in [5.74, 6) is 0.0286. The molecule has 2 bridgehead atoms. The van der Waals surface area contributed by atoms with Crippen LogP contribution in [0.3, 0.4) is 0 Å². The molecule has 2 aliphatic heterocycles. The van der Waals surface area contributed by atoms with Gasteiger partial charge in [0.05, 0.1) is 13.2 Å². The van der Waals surface area contributed by atoms with E-state index in [1.54, 1.807) is 17.0 Å². The summed E-state index contributed by atoms with van der Waals surface area (Å²) < 4.78 is 10.2. The van der Waals surface area contributed by atoms with E-state index in [1.807, 2.05) is 36.4 Å². The Kier molecular flexibility index (Phi) is 3.96. The lowest BCUT2D eigenvalue weighted by molar-refractivity contribution is -0.136. The molecule has 0 aromatic heterocycles. The van der Waals surface area contributed by atoms with Crippen LogP contribution in [0.5, 0.6) is 5.75 Å². The molecule has 0 spiro atoms. The Hall–Kier alpha value is -2.56. The van der Waals surface area contributed by atoms with Gasteiger partial charge in [0, 0.05) is 18.0 Å². The standard InChI is InChI=1S/C17H17NO4/c1-21-16(19)15-10-9-13-8-7-12(15)11-18(13)17(20)22-14-5-3-2-4-6-14/h2-8,10,12-13H,9,11H2,1H3. The van der Waals surface area contributed by atoms with E-state index in [-0.39, 0.29) is 17.9 Å². The molecule has 0 N–H and O–H groups in total. The van der Waals surface area contributed by atoms with Crippen molar-refractivity contribution >= 4 is 12.1 Å². The summed E-state index contributed by atoms with van der Waals surface area (Å²) >= 11 is 0. The maximum absolute atomic E-state index is 12.4. The van der Waals surface area contributed by atoms with Crippen molar-refractivity contribution in [3.05, 3.63) is 54.1 Å². The third-order valence-electron chi connectivity index (χ3n) is 3.94. The Balaban J connectivity index is 1.74. The molecule has 2 unspecified atom stereocenters. The Morgan fingerprint density at radius 2 is 1.95 bits per heavy atom. The van der Waals surface area contributed by atoms with E-state index in [4.69, 9.17) is 9.47 Å². The van der Waals surface area contributed by atoms with Gasteiger partial charge in [0.2, 0.25) is 0 Å². The SMILES string of the molecule is COC(=O)C1=CCC2C=CC1CN2C(=O)Oc1ccccc1. The summed E-state index contributed by atoms with van der Waals surface area (Å²) in [6, 6.07) is 8.88. The largest absolute Gasteiger partial charge is 0.466 e. The zero-order valence-electron chi connectivity index (χ0n) is 12.3. The van der Waals surface area contributed by atoms with Gasteiger partial charge in [-0.1, -0.05) is 36.4 Å². The fourth-order valence-electron chi connectivity index (χ4n) is 2.79. The summed E-state index contributed by atoms with van der Waals surface area (Å²) in [4.78, 5) is 25.9. The molecule has 3 aliphatic rings. The zero-order valence-corrected chi connectivity index (χ0v) is 12.3. The number of rotatable bonds is 2. The highest BCUT2D eigenvalue weighted by Crippen LogP contribution is 2.30. The van der Waals surface area contributed by atoms with Gasteiger partial charge < -0.3 is 14.4 Å². The van der Waals surface area contributed by atoms with Crippen LogP contribution in [0.2, 0.25) is 0 Å². The van der Waals surface area contributed by atoms with Crippen LogP contribution in [0.25, 0.3) is 0 Å². The molecule has 5 heteroatoms. The molecule has 22 heavy (non-hydrogen) atoms. The van der Waals surface area contributed by atoms with Gasteiger partial charge in [-0.15, -0.1) is 0 Å². The monoisotopic (exact) mass is 299 g/mol. The zero-order chi connectivity index (χ0) is 15.5. The van der Waals surface area contributed by atoms with Crippen molar-refractivity contribution in [3.63, 3.8) is 0 Å². The number of benzene rings is 1. The second kappa shape index (κ2) is 6.05. The molecule has 0 saturated carbocycles. The number of methoxy groups -OCH3 is 1.